The molecule has 0 aliphatic carbocycles. The van der Waals surface area contributed by atoms with Gasteiger partial charge in [0, 0.05) is 18.6 Å². The van der Waals surface area contributed by atoms with E-state index in [9.17, 15) is 13.5 Å². The van der Waals surface area contributed by atoms with E-state index in [4.69, 9.17) is 9.47 Å². The Labute approximate surface area is 198 Å². The standard InChI is InChI=1S/C22H28N6O5S/c1-13(2)33-20(21-24-8-14(3)9-25-21)15(4)34(30,31)12-18-26-27-22-19-17(6-5-7-23-19)32-11-16(10-29)28(18)22/h5-9,13,15-16,20,29H,10-12H2,1-4H3/t15-,16-,20+/m0/s1. The number of pyridine rings is 1. The maximum atomic E-state index is 13.5. The van der Waals surface area contributed by atoms with Crippen LogP contribution < -0.4 is 4.74 Å². The average Bonchev–Trinajstić information content (AvgIpc) is 3.12. The topological polar surface area (TPSA) is 142 Å². The Morgan fingerprint density at radius 2 is 1.94 bits per heavy atom. The van der Waals surface area contributed by atoms with Gasteiger partial charge in [0.15, 0.2) is 21.5 Å². The Hall–Kier alpha value is -2.96. The molecule has 0 saturated heterocycles. The van der Waals surface area contributed by atoms with E-state index in [0.29, 0.717) is 23.1 Å². The zero-order valence-electron chi connectivity index (χ0n) is 19.5. The highest BCUT2D eigenvalue weighted by Gasteiger charge is 2.37. The SMILES string of the molecule is Cc1cnc([C@H](OC(C)C)[C@H](C)S(=O)(=O)Cc2nnc3n2[C@@H](CO)COc2cccnc2-3)nc1. The molecule has 3 atom stereocenters. The first kappa shape index (κ1) is 24.2. The molecular weight excluding hydrogens is 460 g/mol. The van der Waals surface area contributed by atoms with Gasteiger partial charge in [0.05, 0.1) is 24.0 Å². The van der Waals surface area contributed by atoms with Crippen molar-refractivity contribution in [1.82, 2.24) is 29.7 Å². The molecular formula is C22H28N6O5S. The van der Waals surface area contributed by atoms with E-state index < -0.39 is 33.0 Å². The van der Waals surface area contributed by atoms with Gasteiger partial charge in [-0.2, -0.15) is 0 Å². The summed E-state index contributed by atoms with van der Waals surface area (Å²) in [5.41, 5.74) is 1.30. The lowest BCUT2D eigenvalue weighted by atomic mass is 10.2. The normalized spacial score (nSPS) is 17.4. The molecule has 4 heterocycles. The fourth-order valence-electron chi connectivity index (χ4n) is 3.76. The first-order valence-electron chi connectivity index (χ1n) is 11.0. The van der Waals surface area contributed by atoms with Gasteiger partial charge in [0.2, 0.25) is 0 Å². The van der Waals surface area contributed by atoms with Crippen LogP contribution in [0.1, 0.15) is 50.1 Å². The van der Waals surface area contributed by atoms with E-state index in [1.54, 1.807) is 42.2 Å². The molecule has 3 aromatic heterocycles. The molecule has 0 saturated carbocycles. The van der Waals surface area contributed by atoms with Gasteiger partial charge in [-0.3, -0.25) is 4.57 Å². The number of fused-ring (bicyclic) bond motifs is 3. The molecule has 3 aromatic rings. The smallest absolute Gasteiger partial charge is 0.186 e. The molecule has 0 unspecified atom stereocenters. The predicted octanol–water partition coefficient (Wildman–Crippen LogP) is 1.83. The molecule has 1 aliphatic rings. The second-order valence-corrected chi connectivity index (χ2v) is 10.9. The molecule has 1 N–H and O–H groups in total. The Balaban J connectivity index is 1.69. The van der Waals surface area contributed by atoms with Crippen LogP contribution in [0.3, 0.4) is 0 Å². The van der Waals surface area contributed by atoms with Crippen molar-refractivity contribution >= 4 is 9.84 Å². The van der Waals surface area contributed by atoms with Gasteiger partial charge in [-0.05, 0) is 45.4 Å². The van der Waals surface area contributed by atoms with Crippen LogP contribution in [0.4, 0.5) is 0 Å². The van der Waals surface area contributed by atoms with Gasteiger partial charge in [-0.25, -0.2) is 23.4 Å². The van der Waals surface area contributed by atoms with Crippen molar-refractivity contribution in [1.29, 1.82) is 0 Å². The fourth-order valence-corrected chi connectivity index (χ4v) is 5.14. The predicted molar refractivity (Wildman–Crippen MR) is 123 cm³/mol. The van der Waals surface area contributed by atoms with E-state index in [2.05, 4.69) is 25.1 Å². The number of nitrogens with zero attached hydrogens (tertiary/aromatic N) is 6. The summed E-state index contributed by atoms with van der Waals surface area (Å²) in [6, 6.07) is 2.91. The summed E-state index contributed by atoms with van der Waals surface area (Å²) in [5, 5.41) is 17.4. The second kappa shape index (κ2) is 9.72. The van der Waals surface area contributed by atoms with Crippen LogP contribution >= 0.6 is 0 Å². The zero-order valence-corrected chi connectivity index (χ0v) is 20.3. The molecule has 0 spiro atoms. The first-order valence-corrected chi connectivity index (χ1v) is 12.7. The van der Waals surface area contributed by atoms with Crippen LogP contribution in [0.2, 0.25) is 0 Å². The van der Waals surface area contributed by atoms with Gasteiger partial charge < -0.3 is 14.6 Å². The van der Waals surface area contributed by atoms with Crippen LogP contribution in [-0.4, -0.2) is 67.8 Å². The maximum Gasteiger partial charge on any atom is 0.186 e. The highest BCUT2D eigenvalue weighted by atomic mass is 32.2. The number of rotatable bonds is 8. The van der Waals surface area contributed by atoms with Crippen molar-refractivity contribution < 1.29 is 23.0 Å². The zero-order chi connectivity index (χ0) is 24.5. The highest BCUT2D eigenvalue weighted by Crippen LogP contribution is 2.34. The van der Waals surface area contributed by atoms with Crippen molar-refractivity contribution in [2.45, 2.75) is 56.9 Å². The fraction of sp³-hybridized carbons (Fsp3) is 0.500. The number of aliphatic hydroxyl groups is 1. The van der Waals surface area contributed by atoms with E-state index in [0.717, 1.165) is 5.56 Å². The lowest BCUT2D eigenvalue weighted by Gasteiger charge is -2.25. The molecule has 0 radical (unpaired) electrons. The summed E-state index contributed by atoms with van der Waals surface area (Å²) < 4.78 is 40.4. The molecule has 1 aliphatic heterocycles. The Bertz CT molecular complexity index is 1240. The minimum Gasteiger partial charge on any atom is -0.489 e. The Morgan fingerprint density at radius 1 is 1.21 bits per heavy atom. The molecule has 182 valence electrons. The van der Waals surface area contributed by atoms with Crippen molar-refractivity contribution in [3.8, 4) is 17.3 Å². The number of aryl methyl sites for hydroxylation is 1. The van der Waals surface area contributed by atoms with Crippen molar-refractivity contribution in [2.75, 3.05) is 13.2 Å². The summed E-state index contributed by atoms with van der Waals surface area (Å²) in [7, 11) is -3.81. The third kappa shape index (κ3) is 4.79. The summed E-state index contributed by atoms with van der Waals surface area (Å²) in [4.78, 5) is 12.9. The second-order valence-electron chi connectivity index (χ2n) is 8.54. The van der Waals surface area contributed by atoms with Crippen LogP contribution in [-0.2, 0) is 20.3 Å². The summed E-state index contributed by atoms with van der Waals surface area (Å²) >= 11 is 0. The van der Waals surface area contributed by atoms with Gasteiger partial charge >= 0.3 is 0 Å². The Kier molecular flexibility index (Phi) is 6.91. The maximum absolute atomic E-state index is 13.5. The number of hydrogen-bond donors (Lipinski definition) is 1. The minimum atomic E-state index is -3.81. The third-order valence-electron chi connectivity index (χ3n) is 5.55. The van der Waals surface area contributed by atoms with E-state index in [1.807, 2.05) is 20.8 Å². The molecule has 0 amide bonds. The summed E-state index contributed by atoms with van der Waals surface area (Å²) in [6.45, 7) is 6.93. The van der Waals surface area contributed by atoms with Crippen LogP contribution in [0.5, 0.6) is 5.75 Å². The first-order chi connectivity index (χ1) is 16.2. The van der Waals surface area contributed by atoms with Gasteiger partial charge in [-0.1, -0.05) is 0 Å². The minimum absolute atomic E-state index is 0.124. The molecule has 11 nitrogen and oxygen atoms in total. The number of sulfone groups is 1. The Morgan fingerprint density at radius 3 is 2.62 bits per heavy atom. The van der Waals surface area contributed by atoms with Gasteiger partial charge in [-0.15, -0.1) is 10.2 Å². The van der Waals surface area contributed by atoms with Crippen molar-refractivity contribution in [3.05, 3.63) is 47.9 Å². The average molecular weight is 489 g/mol. The molecule has 34 heavy (non-hydrogen) atoms. The number of ether oxygens (including phenoxy) is 2. The van der Waals surface area contributed by atoms with E-state index in [1.165, 1.54) is 0 Å². The van der Waals surface area contributed by atoms with Crippen molar-refractivity contribution in [3.63, 3.8) is 0 Å². The largest absolute Gasteiger partial charge is 0.489 e. The molecule has 12 heteroatoms. The molecule has 0 fully saturated rings. The van der Waals surface area contributed by atoms with Gasteiger partial charge in [0.25, 0.3) is 0 Å². The monoisotopic (exact) mass is 488 g/mol. The van der Waals surface area contributed by atoms with Crippen LogP contribution in [0.15, 0.2) is 30.7 Å². The summed E-state index contributed by atoms with van der Waals surface area (Å²) in [5.74, 6) is 0.925. The lowest BCUT2D eigenvalue weighted by molar-refractivity contribution is 0.00140. The summed E-state index contributed by atoms with van der Waals surface area (Å²) in [6.07, 6.45) is 3.75. The number of aliphatic hydroxyl groups excluding tert-OH is 1. The van der Waals surface area contributed by atoms with Crippen molar-refractivity contribution in [2.24, 2.45) is 0 Å². The molecule has 0 aromatic carbocycles. The quantitative estimate of drug-likeness (QED) is 0.499. The van der Waals surface area contributed by atoms with Gasteiger partial charge in [0.1, 0.15) is 35.7 Å². The number of hydrogen-bond acceptors (Lipinski definition) is 10. The highest BCUT2D eigenvalue weighted by molar-refractivity contribution is 7.91. The number of aromatic nitrogens is 6. The molecule has 0 bridgehead atoms. The lowest BCUT2D eigenvalue weighted by Crippen LogP contribution is -2.32. The van der Waals surface area contributed by atoms with Crippen LogP contribution in [0, 0.1) is 6.92 Å². The van der Waals surface area contributed by atoms with E-state index >= 15 is 0 Å². The van der Waals surface area contributed by atoms with E-state index in [-0.39, 0.29) is 25.1 Å². The van der Waals surface area contributed by atoms with Crippen LogP contribution in [0.25, 0.3) is 11.5 Å². The molecule has 4 rings (SSSR count). The third-order valence-corrected chi connectivity index (χ3v) is 7.59.